The number of nitrogens with zero attached hydrogens (tertiary/aromatic N) is 2. The minimum atomic E-state index is -0.954. The van der Waals surface area contributed by atoms with Crippen molar-refractivity contribution in [2.24, 2.45) is 5.73 Å². The Bertz CT molecular complexity index is 1250. The first-order valence-corrected chi connectivity index (χ1v) is 11.2. The van der Waals surface area contributed by atoms with Crippen molar-refractivity contribution in [3.05, 3.63) is 89.0 Å². The van der Waals surface area contributed by atoms with Crippen molar-refractivity contribution >= 4 is 18.2 Å². The summed E-state index contributed by atoms with van der Waals surface area (Å²) >= 11 is 0. The molecule has 10 heteroatoms. The number of hydrogen-bond donors (Lipinski definition) is 2. The van der Waals surface area contributed by atoms with E-state index in [-0.39, 0.29) is 24.1 Å². The van der Waals surface area contributed by atoms with Gasteiger partial charge in [-0.2, -0.15) is 0 Å². The van der Waals surface area contributed by atoms with Gasteiger partial charge in [0, 0.05) is 24.4 Å². The average Bonchev–Trinajstić information content (AvgIpc) is 2.83. The Balaban J connectivity index is 2.04. The van der Waals surface area contributed by atoms with Gasteiger partial charge in [0.15, 0.2) is 0 Å². The van der Waals surface area contributed by atoms with Crippen LogP contribution in [-0.4, -0.2) is 41.2 Å². The second-order valence-corrected chi connectivity index (χ2v) is 8.17. The van der Waals surface area contributed by atoms with Crippen molar-refractivity contribution in [3.63, 3.8) is 0 Å². The smallest absolute Gasteiger partial charge is 0.251 e. The molecule has 0 radical (unpaired) electrons. The third-order valence-electron chi connectivity index (χ3n) is 5.42. The van der Waals surface area contributed by atoms with Gasteiger partial charge in [-0.1, -0.05) is 19.1 Å². The first kappa shape index (κ1) is 26.4. The summed E-state index contributed by atoms with van der Waals surface area (Å²) in [6.07, 6.45) is 2.64. The standard InChI is InChI=1S/C26H25F3N4O3/c1-2-8-33(15-34)14-24(35)32-23(11-16-9-18(27)13-19(28)10-16)25-20(4-3-7-31-25)17-5-6-22(29)21(12-17)26(30)36/h3-7,9-10,12-13,15,23H,2,8,11,14H2,1H3,(H2,30,36)(H,32,35). The summed E-state index contributed by atoms with van der Waals surface area (Å²) in [6, 6.07) is 9.20. The highest BCUT2D eigenvalue weighted by Gasteiger charge is 2.23. The van der Waals surface area contributed by atoms with Crippen LogP contribution in [-0.2, 0) is 16.0 Å². The molecule has 2 aromatic carbocycles. The largest absolute Gasteiger partial charge is 0.366 e. The highest BCUT2D eigenvalue weighted by molar-refractivity contribution is 5.94. The van der Waals surface area contributed by atoms with Crippen LogP contribution in [0.15, 0.2) is 54.7 Å². The van der Waals surface area contributed by atoms with Gasteiger partial charge in [-0.25, -0.2) is 13.2 Å². The summed E-state index contributed by atoms with van der Waals surface area (Å²) in [5.41, 5.74) is 6.38. The number of primary amides is 1. The first-order chi connectivity index (χ1) is 17.2. The van der Waals surface area contributed by atoms with E-state index in [4.69, 9.17) is 5.73 Å². The number of carbonyl (C=O) groups is 3. The molecule has 0 fully saturated rings. The Kier molecular flexibility index (Phi) is 8.77. The number of hydrogen-bond acceptors (Lipinski definition) is 4. The fourth-order valence-corrected chi connectivity index (χ4v) is 3.88. The third-order valence-corrected chi connectivity index (χ3v) is 5.42. The zero-order chi connectivity index (χ0) is 26.2. The van der Waals surface area contributed by atoms with E-state index in [9.17, 15) is 27.6 Å². The van der Waals surface area contributed by atoms with Crippen LogP contribution < -0.4 is 11.1 Å². The van der Waals surface area contributed by atoms with Crippen molar-refractivity contribution in [1.29, 1.82) is 0 Å². The van der Waals surface area contributed by atoms with Crippen LogP contribution in [0.3, 0.4) is 0 Å². The second kappa shape index (κ2) is 12.0. The van der Waals surface area contributed by atoms with Crippen molar-refractivity contribution in [2.75, 3.05) is 13.1 Å². The van der Waals surface area contributed by atoms with E-state index in [0.29, 0.717) is 36.2 Å². The SMILES string of the molecule is CCCN(C=O)CC(=O)NC(Cc1cc(F)cc(F)c1)c1ncccc1-c1ccc(F)c(C(N)=O)c1. The molecule has 3 rings (SSSR count). The normalized spacial score (nSPS) is 11.6. The maximum Gasteiger partial charge on any atom is 0.251 e. The topological polar surface area (TPSA) is 105 Å². The zero-order valence-electron chi connectivity index (χ0n) is 19.5. The summed E-state index contributed by atoms with van der Waals surface area (Å²) < 4.78 is 41.8. The lowest BCUT2D eigenvalue weighted by atomic mass is 9.94. The number of halogens is 3. The van der Waals surface area contributed by atoms with Gasteiger partial charge in [-0.05, 0) is 54.3 Å². The fraction of sp³-hybridized carbons (Fsp3) is 0.231. The fourth-order valence-electron chi connectivity index (χ4n) is 3.88. The van der Waals surface area contributed by atoms with E-state index in [1.54, 1.807) is 12.1 Å². The van der Waals surface area contributed by atoms with E-state index in [0.717, 1.165) is 24.3 Å². The summed E-state index contributed by atoms with van der Waals surface area (Å²) in [6.45, 7) is 2.01. The predicted octanol–water partition coefficient (Wildman–Crippen LogP) is 3.53. The molecule has 0 saturated carbocycles. The predicted molar refractivity (Wildman–Crippen MR) is 127 cm³/mol. The van der Waals surface area contributed by atoms with Gasteiger partial charge in [-0.15, -0.1) is 0 Å². The Morgan fingerprint density at radius 2 is 1.83 bits per heavy atom. The summed E-state index contributed by atoms with van der Waals surface area (Å²) in [4.78, 5) is 41.5. The van der Waals surface area contributed by atoms with Crippen LogP contribution in [0.1, 0.15) is 41.0 Å². The molecule has 0 aliphatic heterocycles. The maximum absolute atomic E-state index is 14.1. The number of pyridine rings is 1. The molecule has 3 amide bonds. The number of rotatable bonds is 11. The Hall–Kier alpha value is -4.21. The molecule has 36 heavy (non-hydrogen) atoms. The molecule has 1 heterocycles. The summed E-state index contributed by atoms with van der Waals surface area (Å²) in [5.74, 6) is -3.82. The van der Waals surface area contributed by atoms with Crippen molar-refractivity contribution < 1.29 is 27.6 Å². The summed E-state index contributed by atoms with van der Waals surface area (Å²) in [7, 11) is 0. The summed E-state index contributed by atoms with van der Waals surface area (Å²) in [5, 5.41) is 2.79. The van der Waals surface area contributed by atoms with Gasteiger partial charge in [0.25, 0.3) is 5.91 Å². The van der Waals surface area contributed by atoms with Crippen LogP contribution in [0, 0.1) is 17.5 Å². The lowest BCUT2D eigenvalue weighted by Crippen LogP contribution is -2.39. The van der Waals surface area contributed by atoms with Crippen molar-refractivity contribution in [1.82, 2.24) is 15.2 Å². The third kappa shape index (κ3) is 6.68. The molecule has 188 valence electrons. The Morgan fingerprint density at radius 3 is 2.47 bits per heavy atom. The van der Waals surface area contributed by atoms with E-state index in [1.807, 2.05) is 6.92 Å². The zero-order valence-corrected chi connectivity index (χ0v) is 19.5. The quantitative estimate of drug-likeness (QED) is 0.395. The van der Waals surface area contributed by atoms with Crippen molar-refractivity contribution in [2.45, 2.75) is 25.8 Å². The number of amides is 3. The number of nitrogens with two attached hydrogens (primary N) is 1. The molecule has 1 unspecified atom stereocenters. The van der Waals surface area contributed by atoms with E-state index < -0.39 is 35.3 Å². The average molecular weight is 499 g/mol. The number of benzene rings is 2. The molecule has 0 bridgehead atoms. The molecule has 7 nitrogen and oxygen atoms in total. The Labute approximate surface area is 206 Å². The molecule has 1 atom stereocenters. The molecule has 0 spiro atoms. The lowest BCUT2D eigenvalue weighted by molar-refractivity contribution is -0.128. The highest BCUT2D eigenvalue weighted by Crippen LogP contribution is 2.30. The molecule has 3 aromatic rings. The minimum absolute atomic E-state index is 0.0385. The van der Waals surface area contributed by atoms with Gasteiger partial charge in [0.05, 0.1) is 23.8 Å². The molecule has 0 saturated heterocycles. The molecule has 0 aliphatic rings. The highest BCUT2D eigenvalue weighted by atomic mass is 19.1. The van der Waals surface area contributed by atoms with Gasteiger partial charge < -0.3 is 16.0 Å². The lowest BCUT2D eigenvalue weighted by Gasteiger charge is -2.23. The van der Waals surface area contributed by atoms with Gasteiger partial charge in [0.1, 0.15) is 17.5 Å². The van der Waals surface area contributed by atoms with Crippen LogP contribution in [0.2, 0.25) is 0 Å². The maximum atomic E-state index is 14.1. The van der Waals surface area contributed by atoms with Gasteiger partial charge in [-0.3, -0.25) is 19.4 Å². The number of nitrogens with one attached hydrogen (secondary N) is 1. The van der Waals surface area contributed by atoms with Crippen LogP contribution in [0.5, 0.6) is 0 Å². The Morgan fingerprint density at radius 1 is 1.11 bits per heavy atom. The van der Waals surface area contributed by atoms with E-state index in [1.165, 1.54) is 23.2 Å². The van der Waals surface area contributed by atoms with Gasteiger partial charge in [0.2, 0.25) is 12.3 Å². The molecular weight excluding hydrogens is 473 g/mol. The van der Waals surface area contributed by atoms with Gasteiger partial charge >= 0.3 is 0 Å². The van der Waals surface area contributed by atoms with E-state index >= 15 is 0 Å². The van der Waals surface area contributed by atoms with E-state index in [2.05, 4.69) is 10.3 Å². The van der Waals surface area contributed by atoms with Crippen LogP contribution >= 0.6 is 0 Å². The number of carbonyl (C=O) groups excluding carboxylic acids is 3. The van der Waals surface area contributed by atoms with Crippen molar-refractivity contribution in [3.8, 4) is 11.1 Å². The van der Waals surface area contributed by atoms with Crippen LogP contribution in [0.25, 0.3) is 11.1 Å². The van der Waals surface area contributed by atoms with Crippen LogP contribution in [0.4, 0.5) is 13.2 Å². The molecular formula is C26H25F3N4O3. The number of aromatic nitrogens is 1. The molecule has 3 N–H and O–H groups in total. The molecule has 1 aromatic heterocycles. The second-order valence-electron chi connectivity index (χ2n) is 8.17. The monoisotopic (exact) mass is 498 g/mol. The minimum Gasteiger partial charge on any atom is -0.366 e. The molecule has 0 aliphatic carbocycles. The first-order valence-electron chi connectivity index (χ1n) is 11.2.